The van der Waals surface area contributed by atoms with Crippen LogP contribution in [0.5, 0.6) is 0 Å². The smallest absolute Gasteiger partial charge is 0.423 e. The van der Waals surface area contributed by atoms with E-state index in [1.807, 2.05) is 0 Å². The summed E-state index contributed by atoms with van der Waals surface area (Å²) in [6, 6.07) is 6.57. The molecule has 2 atom stereocenters. The molecule has 3 aliphatic heterocycles. The van der Waals surface area contributed by atoms with Gasteiger partial charge in [-0.25, -0.2) is 0 Å². The van der Waals surface area contributed by atoms with E-state index >= 15 is 0 Å². The Morgan fingerprint density at radius 1 is 1.14 bits per heavy atom. The van der Waals surface area contributed by atoms with Crippen LogP contribution in [0.1, 0.15) is 54.1 Å². The minimum atomic E-state index is -4.56. The second kappa shape index (κ2) is 9.22. The Labute approximate surface area is 211 Å². The zero-order valence-corrected chi connectivity index (χ0v) is 20.5. The third kappa shape index (κ3) is 4.30. The summed E-state index contributed by atoms with van der Waals surface area (Å²) in [6.45, 7) is 0.387. The van der Waals surface area contributed by atoms with Crippen LogP contribution in [0, 0.1) is 0 Å². The molecule has 1 amide bonds. The standard InChI is InChI=1S/C23H26F3N7O2.ClH/c1-31-14-4-2-5-15(31)11-13(10-14)27-20(34)16-6-3-7-17-19(16)28-22(35-17)32-8-9-33-18(12-32)29-30-21(33)23(24,25)26;/h3,6-7,13-15H,2,4-5,8-12H2,1H3,(H,27,34);1H. The number of rotatable bonds is 3. The monoisotopic (exact) mass is 525 g/mol. The van der Waals surface area contributed by atoms with Crippen molar-refractivity contribution in [1.29, 1.82) is 0 Å². The number of oxazole rings is 1. The number of fused-ring (bicyclic) bond motifs is 4. The molecule has 2 bridgehead atoms. The number of anilines is 1. The Morgan fingerprint density at radius 2 is 1.89 bits per heavy atom. The number of nitrogens with one attached hydrogen (secondary N) is 1. The van der Waals surface area contributed by atoms with Gasteiger partial charge in [-0.2, -0.15) is 18.2 Å². The zero-order chi connectivity index (χ0) is 24.3. The largest absolute Gasteiger partial charge is 0.451 e. The minimum absolute atomic E-state index is 0. The highest BCUT2D eigenvalue weighted by molar-refractivity contribution is 6.04. The topological polar surface area (TPSA) is 92.3 Å². The summed E-state index contributed by atoms with van der Waals surface area (Å²) in [5.41, 5.74) is 1.33. The van der Waals surface area contributed by atoms with E-state index < -0.39 is 12.0 Å². The van der Waals surface area contributed by atoms with Crippen LogP contribution in [0.2, 0.25) is 0 Å². The number of hydrogen-bond donors (Lipinski definition) is 1. The third-order valence-electron chi connectivity index (χ3n) is 7.60. The minimum Gasteiger partial charge on any atom is -0.423 e. The first kappa shape index (κ1) is 24.8. The van der Waals surface area contributed by atoms with Gasteiger partial charge in [0.15, 0.2) is 11.4 Å². The van der Waals surface area contributed by atoms with E-state index in [-0.39, 0.29) is 55.8 Å². The highest BCUT2D eigenvalue weighted by atomic mass is 35.5. The number of amides is 1. The van der Waals surface area contributed by atoms with E-state index in [0.29, 0.717) is 28.7 Å². The summed E-state index contributed by atoms with van der Waals surface area (Å²) in [6.07, 6.45) is 0.886. The number of carbonyl (C=O) groups is 1. The molecule has 3 aromatic rings. The SMILES string of the molecule is CN1C2CCCC1CC(NC(=O)c1cccc3oc(N4CCn5c(nnc5C(F)(F)F)C4)nc13)C2.Cl. The predicted octanol–water partition coefficient (Wildman–Crippen LogP) is 3.63. The van der Waals surface area contributed by atoms with Crippen molar-refractivity contribution in [2.75, 3.05) is 18.5 Å². The van der Waals surface area contributed by atoms with Gasteiger partial charge in [-0.3, -0.25) is 4.79 Å². The average molecular weight is 526 g/mol. The lowest BCUT2D eigenvalue weighted by molar-refractivity contribution is -0.147. The lowest BCUT2D eigenvalue weighted by atomic mass is 9.82. The van der Waals surface area contributed by atoms with Gasteiger partial charge in [0.25, 0.3) is 11.9 Å². The Morgan fingerprint density at radius 3 is 2.61 bits per heavy atom. The van der Waals surface area contributed by atoms with Crippen molar-refractivity contribution in [3.05, 3.63) is 35.4 Å². The first-order chi connectivity index (χ1) is 16.8. The molecule has 3 aliphatic rings. The van der Waals surface area contributed by atoms with Crippen molar-refractivity contribution in [1.82, 2.24) is 30.0 Å². The molecule has 36 heavy (non-hydrogen) atoms. The van der Waals surface area contributed by atoms with E-state index in [1.54, 1.807) is 23.1 Å². The van der Waals surface area contributed by atoms with Gasteiger partial charge < -0.3 is 24.1 Å². The summed E-state index contributed by atoms with van der Waals surface area (Å²) in [7, 11) is 2.18. The number of halogens is 4. The number of carbonyl (C=O) groups excluding carboxylic acids is 1. The molecule has 6 rings (SSSR count). The number of para-hydroxylation sites is 1. The van der Waals surface area contributed by atoms with E-state index in [2.05, 4.69) is 32.4 Å². The van der Waals surface area contributed by atoms with E-state index in [4.69, 9.17) is 4.42 Å². The van der Waals surface area contributed by atoms with Crippen molar-refractivity contribution in [2.45, 2.75) is 69.5 Å². The Balaban J connectivity index is 0.00000267. The van der Waals surface area contributed by atoms with Gasteiger partial charge in [-0.15, -0.1) is 22.6 Å². The van der Waals surface area contributed by atoms with Crippen LogP contribution in [0.15, 0.2) is 22.6 Å². The molecule has 2 fully saturated rings. The number of nitrogens with zero attached hydrogens (tertiary/aromatic N) is 6. The summed E-state index contributed by atoms with van der Waals surface area (Å²) in [4.78, 5) is 21.9. The molecule has 13 heteroatoms. The van der Waals surface area contributed by atoms with E-state index in [9.17, 15) is 18.0 Å². The molecule has 1 N–H and O–H groups in total. The predicted molar refractivity (Wildman–Crippen MR) is 127 cm³/mol. The molecule has 0 aliphatic carbocycles. The van der Waals surface area contributed by atoms with Crippen molar-refractivity contribution in [2.24, 2.45) is 0 Å². The van der Waals surface area contributed by atoms with Crippen LogP contribution in [0.25, 0.3) is 11.1 Å². The zero-order valence-electron chi connectivity index (χ0n) is 19.7. The van der Waals surface area contributed by atoms with Gasteiger partial charge in [0.05, 0.1) is 12.1 Å². The Hall–Kier alpha value is -2.86. The van der Waals surface area contributed by atoms with Crippen LogP contribution in [-0.4, -0.2) is 62.3 Å². The molecule has 2 saturated heterocycles. The fraction of sp³-hybridized carbons (Fsp3) is 0.565. The molecule has 194 valence electrons. The van der Waals surface area contributed by atoms with Crippen LogP contribution in [-0.2, 0) is 19.3 Å². The Kier molecular flexibility index (Phi) is 6.36. The van der Waals surface area contributed by atoms with Crippen molar-refractivity contribution < 1.29 is 22.4 Å². The molecule has 2 aromatic heterocycles. The fourth-order valence-corrected chi connectivity index (χ4v) is 5.78. The maximum absolute atomic E-state index is 13.2. The normalized spacial score (nSPS) is 24.3. The summed E-state index contributed by atoms with van der Waals surface area (Å²) >= 11 is 0. The van der Waals surface area contributed by atoms with Crippen LogP contribution >= 0.6 is 12.4 Å². The molecule has 0 radical (unpaired) electrons. The van der Waals surface area contributed by atoms with Gasteiger partial charge >= 0.3 is 6.18 Å². The molecular formula is C23H27ClF3N7O2. The quantitative estimate of drug-likeness (QED) is 0.558. The second-order valence-corrected chi connectivity index (χ2v) is 9.71. The summed E-state index contributed by atoms with van der Waals surface area (Å²) in [5, 5.41) is 10.2. The van der Waals surface area contributed by atoms with E-state index in [1.165, 1.54) is 6.42 Å². The highest BCUT2D eigenvalue weighted by Crippen LogP contribution is 2.34. The van der Waals surface area contributed by atoms with Crippen molar-refractivity contribution in [3.8, 4) is 0 Å². The molecule has 2 unspecified atom stereocenters. The first-order valence-corrected chi connectivity index (χ1v) is 11.9. The first-order valence-electron chi connectivity index (χ1n) is 11.9. The molecule has 9 nitrogen and oxygen atoms in total. The molecule has 5 heterocycles. The van der Waals surface area contributed by atoms with Gasteiger partial charge in [0.1, 0.15) is 5.52 Å². The van der Waals surface area contributed by atoms with Gasteiger partial charge in [0.2, 0.25) is 5.82 Å². The number of alkyl halides is 3. The molecule has 0 spiro atoms. The van der Waals surface area contributed by atoms with Crippen molar-refractivity contribution >= 4 is 35.4 Å². The molecular weight excluding hydrogens is 499 g/mol. The lowest BCUT2D eigenvalue weighted by Crippen LogP contribution is -2.55. The highest BCUT2D eigenvalue weighted by Gasteiger charge is 2.40. The number of piperidine rings is 2. The van der Waals surface area contributed by atoms with Crippen molar-refractivity contribution in [3.63, 3.8) is 0 Å². The third-order valence-corrected chi connectivity index (χ3v) is 7.60. The summed E-state index contributed by atoms with van der Waals surface area (Å²) < 4.78 is 46.4. The maximum atomic E-state index is 13.2. The van der Waals surface area contributed by atoms with Crippen LogP contribution < -0.4 is 10.2 Å². The maximum Gasteiger partial charge on any atom is 0.451 e. The molecule has 0 saturated carbocycles. The average Bonchev–Trinajstić information content (AvgIpc) is 3.43. The molecule has 1 aromatic carbocycles. The summed E-state index contributed by atoms with van der Waals surface area (Å²) in [5.74, 6) is -0.991. The number of hydrogen-bond acceptors (Lipinski definition) is 7. The lowest BCUT2D eigenvalue weighted by Gasteiger charge is -2.47. The number of benzene rings is 1. The van der Waals surface area contributed by atoms with Crippen LogP contribution in [0.4, 0.5) is 19.2 Å². The van der Waals surface area contributed by atoms with E-state index in [0.717, 1.165) is 30.3 Å². The van der Waals surface area contributed by atoms with Crippen LogP contribution in [0.3, 0.4) is 0 Å². The van der Waals surface area contributed by atoms with Gasteiger partial charge in [-0.05, 0) is 44.9 Å². The van der Waals surface area contributed by atoms with Gasteiger partial charge in [0, 0.05) is 31.2 Å². The number of aromatic nitrogens is 4. The Bertz CT molecular complexity index is 1260. The fourth-order valence-electron chi connectivity index (χ4n) is 5.78. The second-order valence-electron chi connectivity index (χ2n) is 9.71. The van der Waals surface area contributed by atoms with Gasteiger partial charge in [-0.1, -0.05) is 12.5 Å².